The van der Waals surface area contributed by atoms with Crippen molar-refractivity contribution in [3.05, 3.63) is 17.8 Å². The predicted octanol–water partition coefficient (Wildman–Crippen LogP) is 2.95. The van der Waals surface area contributed by atoms with Crippen LogP contribution in [0.4, 0.5) is 0 Å². The zero-order valence-electron chi connectivity index (χ0n) is 17.8. The van der Waals surface area contributed by atoms with Crippen molar-refractivity contribution < 1.29 is 14.0 Å². The third-order valence-electron chi connectivity index (χ3n) is 8.03. The van der Waals surface area contributed by atoms with E-state index in [0.717, 1.165) is 31.6 Å². The van der Waals surface area contributed by atoms with Crippen LogP contribution in [0.2, 0.25) is 0 Å². The van der Waals surface area contributed by atoms with Crippen LogP contribution in [-0.4, -0.2) is 51.8 Å². The van der Waals surface area contributed by atoms with Gasteiger partial charge in [-0.1, -0.05) is 32.1 Å². The second-order valence-corrected chi connectivity index (χ2v) is 9.86. The number of likely N-dealkylation sites (tertiary alicyclic amines) is 1. The van der Waals surface area contributed by atoms with E-state index in [0.29, 0.717) is 54.9 Å². The van der Waals surface area contributed by atoms with E-state index in [4.69, 9.17) is 10.2 Å². The highest BCUT2D eigenvalue weighted by Crippen LogP contribution is 2.44. The Labute approximate surface area is 178 Å². The number of aromatic nitrogens is 1. The number of nitrogens with two attached hydrogens (primary N) is 1. The second kappa shape index (κ2) is 8.33. The predicted molar refractivity (Wildman–Crippen MR) is 111 cm³/mol. The van der Waals surface area contributed by atoms with Gasteiger partial charge in [-0.3, -0.25) is 9.59 Å². The third kappa shape index (κ3) is 3.66. The summed E-state index contributed by atoms with van der Waals surface area (Å²) in [6.45, 7) is 1.62. The highest BCUT2D eigenvalue weighted by Gasteiger charge is 2.50. The Morgan fingerprint density at radius 2 is 1.93 bits per heavy atom. The third-order valence-corrected chi connectivity index (χ3v) is 8.03. The zero-order valence-corrected chi connectivity index (χ0v) is 17.8. The van der Waals surface area contributed by atoms with Gasteiger partial charge in [0.25, 0.3) is 5.91 Å². The molecular weight excluding hydrogens is 380 g/mol. The summed E-state index contributed by atoms with van der Waals surface area (Å²) in [5.41, 5.74) is 5.95. The molecule has 3 saturated heterocycles. The lowest BCUT2D eigenvalue weighted by molar-refractivity contribution is -0.153. The van der Waals surface area contributed by atoms with Crippen LogP contribution < -0.4 is 5.73 Å². The highest BCUT2D eigenvalue weighted by molar-refractivity contribution is 5.92. The summed E-state index contributed by atoms with van der Waals surface area (Å²) >= 11 is 0. The van der Waals surface area contributed by atoms with Crippen LogP contribution in [0.1, 0.15) is 80.6 Å². The van der Waals surface area contributed by atoms with Crippen LogP contribution in [0, 0.1) is 17.8 Å². The molecule has 1 saturated carbocycles. The maximum atomic E-state index is 13.2. The summed E-state index contributed by atoms with van der Waals surface area (Å²) in [7, 11) is 0. The van der Waals surface area contributed by atoms with Crippen LogP contribution in [0.25, 0.3) is 0 Å². The van der Waals surface area contributed by atoms with Crippen molar-refractivity contribution in [1.82, 2.24) is 14.8 Å². The van der Waals surface area contributed by atoms with Gasteiger partial charge >= 0.3 is 0 Å². The standard InChI is InChI=1S/C23H34N4O3/c24-11-21-25-18(14-30-21)23(29)26-12-16-10-17(13-26)20(9-15-5-2-1-3-6-15)27-19(16)7-4-8-22(27)28/h14-17,19-20H,1-13,24H2/t16-,17+,19+,20+/m1/s1. The Hall–Kier alpha value is -1.89. The normalized spacial score (nSPS) is 32.2. The molecule has 4 aliphatic rings. The first-order valence-electron chi connectivity index (χ1n) is 11.9. The number of piperidine rings is 3. The number of hydrogen-bond donors (Lipinski definition) is 1. The molecular formula is C23H34N4O3. The van der Waals surface area contributed by atoms with Crippen molar-refractivity contribution >= 4 is 11.8 Å². The lowest BCUT2D eigenvalue weighted by atomic mass is 9.69. The molecule has 30 heavy (non-hydrogen) atoms. The van der Waals surface area contributed by atoms with E-state index in [9.17, 15) is 9.59 Å². The molecule has 2 bridgehead atoms. The van der Waals surface area contributed by atoms with E-state index < -0.39 is 0 Å². The minimum Gasteiger partial charge on any atom is -0.447 e. The lowest BCUT2D eigenvalue weighted by Gasteiger charge is -2.57. The van der Waals surface area contributed by atoms with E-state index in [-0.39, 0.29) is 18.5 Å². The Morgan fingerprint density at radius 3 is 2.70 bits per heavy atom. The van der Waals surface area contributed by atoms with Gasteiger partial charge in [0.1, 0.15) is 6.26 Å². The van der Waals surface area contributed by atoms with Crippen molar-refractivity contribution in [2.75, 3.05) is 13.1 Å². The van der Waals surface area contributed by atoms with Crippen LogP contribution in [0.3, 0.4) is 0 Å². The van der Waals surface area contributed by atoms with Gasteiger partial charge in [-0.05, 0) is 43.4 Å². The zero-order chi connectivity index (χ0) is 20.7. The van der Waals surface area contributed by atoms with Crippen LogP contribution in [0.5, 0.6) is 0 Å². The molecule has 0 aromatic carbocycles. The van der Waals surface area contributed by atoms with Gasteiger partial charge in [0.15, 0.2) is 5.69 Å². The number of amides is 2. The summed E-state index contributed by atoms with van der Waals surface area (Å²) < 4.78 is 5.30. The second-order valence-electron chi connectivity index (χ2n) is 9.86. The van der Waals surface area contributed by atoms with Gasteiger partial charge < -0.3 is 20.0 Å². The number of carbonyl (C=O) groups is 2. The van der Waals surface area contributed by atoms with Crippen molar-refractivity contribution in [2.24, 2.45) is 23.5 Å². The molecule has 1 aromatic rings. The van der Waals surface area contributed by atoms with Crippen molar-refractivity contribution in [3.8, 4) is 0 Å². The van der Waals surface area contributed by atoms with Gasteiger partial charge in [-0.2, -0.15) is 0 Å². The molecule has 0 unspecified atom stereocenters. The number of nitrogens with zero attached hydrogens (tertiary/aromatic N) is 3. The number of oxazole rings is 1. The summed E-state index contributed by atoms with van der Waals surface area (Å²) in [5.74, 6) is 2.17. The summed E-state index contributed by atoms with van der Waals surface area (Å²) in [6.07, 6.45) is 13.0. The molecule has 7 heteroatoms. The van der Waals surface area contributed by atoms with Gasteiger partial charge in [0.2, 0.25) is 11.8 Å². The maximum Gasteiger partial charge on any atom is 0.275 e. The Morgan fingerprint density at radius 1 is 1.13 bits per heavy atom. The van der Waals surface area contributed by atoms with Crippen LogP contribution in [0.15, 0.2) is 10.7 Å². The molecule has 1 aliphatic carbocycles. The molecule has 4 atom stereocenters. The number of carbonyl (C=O) groups excluding carboxylic acids is 2. The molecule has 7 nitrogen and oxygen atoms in total. The van der Waals surface area contributed by atoms with E-state index in [1.807, 2.05) is 4.90 Å². The molecule has 5 rings (SSSR count). The largest absolute Gasteiger partial charge is 0.447 e. The Kier molecular flexibility index (Phi) is 5.56. The Bertz CT molecular complexity index is 787. The summed E-state index contributed by atoms with van der Waals surface area (Å²) in [5, 5.41) is 0. The highest BCUT2D eigenvalue weighted by atomic mass is 16.3. The van der Waals surface area contributed by atoms with Crippen LogP contribution >= 0.6 is 0 Å². The molecule has 4 heterocycles. The van der Waals surface area contributed by atoms with Crippen molar-refractivity contribution in [3.63, 3.8) is 0 Å². The van der Waals surface area contributed by atoms with Crippen LogP contribution in [-0.2, 0) is 11.3 Å². The fraction of sp³-hybridized carbons (Fsp3) is 0.783. The number of rotatable bonds is 4. The topological polar surface area (TPSA) is 92.7 Å². The number of fused-ring (bicyclic) bond motifs is 4. The van der Waals surface area contributed by atoms with E-state index in [1.165, 1.54) is 38.4 Å². The molecule has 164 valence electrons. The minimum atomic E-state index is -0.0554. The fourth-order valence-corrected chi connectivity index (χ4v) is 6.67. The van der Waals surface area contributed by atoms with Gasteiger partial charge in [0, 0.05) is 31.6 Å². The molecule has 4 fully saturated rings. The SMILES string of the molecule is NCc1nc(C(=O)N2C[C@H]3C[C@@H](C2)[C@H](CC2CCCCC2)N2C(=O)CCC[C@@H]32)co1. The quantitative estimate of drug-likeness (QED) is 0.818. The average Bonchev–Trinajstić information content (AvgIpc) is 3.26. The number of hydrogen-bond acceptors (Lipinski definition) is 5. The summed E-state index contributed by atoms with van der Waals surface area (Å²) in [6, 6.07) is 0.582. The molecule has 3 aliphatic heterocycles. The first-order valence-corrected chi connectivity index (χ1v) is 11.9. The van der Waals surface area contributed by atoms with E-state index in [1.54, 1.807) is 0 Å². The van der Waals surface area contributed by atoms with Crippen molar-refractivity contribution in [1.29, 1.82) is 0 Å². The minimum absolute atomic E-state index is 0.0554. The fourth-order valence-electron chi connectivity index (χ4n) is 6.67. The maximum absolute atomic E-state index is 13.2. The monoisotopic (exact) mass is 414 g/mol. The van der Waals surface area contributed by atoms with E-state index in [2.05, 4.69) is 9.88 Å². The molecule has 0 radical (unpaired) electrons. The van der Waals surface area contributed by atoms with E-state index >= 15 is 0 Å². The van der Waals surface area contributed by atoms with Gasteiger partial charge in [0.05, 0.1) is 6.54 Å². The van der Waals surface area contributed by atoms with Gasteiger partial charge in [-0.15, -0.1) is 0 Å². The van der Waals surface area contributed by atoms with Crippen molar-refractivity contribution in [2.45, 2.75) is 82.8 Å². The molecule has 1 aromatic heterocycles. The summed E-state index contributed by atoms with van der Waals surface area (Å²) in [4.78, 5) is 34.7. The smallest absolute Gasteiger partial charge is 0.275 e. The first kappa shape index (κ1) is 20.0. The lowest BCUT2D eigenvalue weighted by Crippen LogP contribution is -2.65. The molecule has 0 spiro atoms. The molecule has 2 amide bonds. The molecule has 2 N–H and O–H groups in total. The Balaban J connectivity index is 1.38. The van der Waals surface area contributed by atoms with Gasteiger partial charge in [-0.25, -0.2) is 4.98 Å². The average molecular weight is 415 g/mol. The first-order chi connectivity index (χ1) is 14.6.